The maximum Gasteiger partial charge on any atom is 0.250 e. The molecule has 1 aliphatic rings. The summed E-state index contributed by atoms with van der Waals surface area (Å²) in [7, 11) is -3.64. The Morgan fingerprint density at radius 3 is 2.85 bits per heavy atom. The molecule has 1 aromatic carbocycles. The van der Waals surface area contributed by atoms with Gasteiger partial charge in [-0.15, -0.1) is 11.3 Å². The highest BCUT2D eigenvalue weighted by atomic mass is 32.2. The van der Waals surface area contributed by atoms with Gasteiger partial charge in [-0.2, -0.15) is 9.98 Å². The predicted molar refractivity (Wildman–Crippen MR) is 74.0 cm³/mol. The molecule has 2 heterocycles. The Bertz CT molecular complexity index is 790. The molecule has 7 heteroatoms. The van der Waals surface area contributed by atoms with Crippen molar-refractivity contribution >= 4 is 21.4 Å². The van der Waals surface area contributed by atoms with E-state index in [0.717, 1.165) is 16.9 Å². The minimum absolute atomic E-state index is 0.137. The van der Waals surface area contributed by atoms with Gasteiger partial charge in [-0.25, -0.2) is 8.42 Å². The highest BCUT2D eigenvalue weighted by Crippen LogP contribution is 2.33. The number of fused-ring (bicyclic) bond motifs is 1. The van der Waals surface area contributed by atoms with Crippen molar-refractivity contribution in [1.82, 2.24) is 4.72 Å². The molecule has 1 aliphatic heterocycles. The maximum absolute atomic E-state index is 12.3. The van der Waals surface area contributed by atoms with E-state index in [9.17, 15) is 8.42 Å². The Labute approximate surface area is 120 Å². The minimum Gasteiger partial charge on any atom is -0.491 e. The molecule has 0 bridgehead atoms. The molecule has 0 spiro atoms. The van der Waals surface area contributed by atoms with E-state index >= 15 is 0 Å². The molecular formula is C13H10N2O3S2. The summed E-state index contributed by atoms with van der Waals surface area (Å²) in [6, 6.07) is 11.8. The third-order valence-electron chi connectivity index (χ3n) is 2.95. The number of para-hydroxylation sites is 1. The Hall–Kier alpha value is -1.88. The van der Waals surface area contributed by atoms with Crippen LogP contribution in [-0.4, -0.2) is 15.0 Å². The van der Waals surface area contributed by atoms with Crippen molar-refractivity contribution in [2.24, 2.45) is 0 Å². The number of rotatable bonds is 3. The highest BCUT2D eigenvalue weighted by Gasteiger charge is 2.29. The molecule has 0 fully saturated rings. The van der Waals surface area contributed by atoms with Gasteiger partial charge in [-0.1, -0.05) is 18.2 Å². The Morgan fingerprint density at radius 1 is 1.30 bits per heavy atom. The summed E-state index contributed by atoms with van der Waals surface area (Å²) in [5.74, 6) is 0.698. The number of nitrogens with one attached hydrogen (secondary N) is 1. The minimum atomic E-state index is -3.64. The van der Waals surface area contributed by atoms with Crippen molar-refractivity contribution < 1.29 is 13.2 Å². The second-order valence-electron chi connectivity index (χ2n) is 4.25. The molecule has 3 rings (SSSR count). The van der Waals surface area contributed by atoms with Gasteiger partial charge in [-0.3, -0.25) is 0 Å². The maximum atomic E-state index is 12.3. The van der Waals surface area contributed by atoms with Gasteiger partial charge in [0, 0.05) is 5.56 Å². The molecular weight excluding hydrogens is 296 g/mol. The molecule has 0 saturated heterocycles. The fraction of sp³-hybridized carbons (Fsp3) is 0.154. The third-order valence-corrected chi connectivity index (χ3v) is 5.91. The summed E-state index contributed by atoms with van der Waals surface area (Å²) in [6.45, 7) is 0.273. The summed E-state index contributed by atoms with van der Waals surface area (Å²) in [4.78, 5) is 0.369. The molecule has 20 heavy (non-hydrogen) atoms. The smallest absolute Gasteiger partial charge is 0.250 e. The Balaban J connectivity index is 1.87. The third kappa shape index (κ3) is 2.29. The lowest BCUT2D eigenvalue weighted by Crippen LogP contribution is -2.29. The number of nitrogens with zero attached hydrogens (tertiary/aromatic N) is 1. The average molecular weight is 306 g/mol. The first-order valence-electron chi connectivity index (χ1n) is 5.84. The quantitative estimate of drug-likeness (QED) is 0.941. The van der Waals surface area contributed by atoms with E-state index in [1.54, 1.807) is 0 Å². The van der Waals surface area contributed by atoms with Crippen LogP contribution in [0.5, 0.6) is 5.75 Å². The van der Waals surface area contributed by atoms with Crippen LogP contribution in [0.3, 0.4) is 0 Å². The molecule has 0 saturated carbocycles. The largest absolute Gasteiger partial charge is 0.491 e. The molecule has 1 aromatic heterocycles. The fourth-order valence-corrected chi connectivity index (χ4v) is 4.35. The van der Waals surface area contributed by atoms with Crippen molar-refractivity contribution in [2.45, 2.75) is 10.3 Å². The van der Waals surface area contributed by atoms with Crippen LogP contribution in [0.25, 0.3) is 0 Å². The summed E-state index contributed by atoms with van der Waals surface area (Å²) in [6.07, 6.45) is 0. The number of hydrogen-bond acceptors (Lipinski definition) is 5. The molecule has 1 unspecified atom stereocenters. The molecule has 1 N–H and O–H groups in total. The van der Waals surface area contributed by atoms with Gasteiger partial charge in [0.15, 0.2) is 0 Å². The van der Waals surface area contributed by atoms with Gasteiger partial charge in [0.25, 0.3) is 10.0 Å². The van der Waals surface area contributed by atoms with Crippen LogP contribution in [0.15, 0.2) is 40.6 Å². The van der Waals surface area contributed by atoms with E-state index in [4.69, 9.17) is 10.00 Å². The van der Waals surface area contributed by atoms with Crippen molar-refractivity contribution in [3.05, 3.63) is 46.8 Å². The lowest BCUT2D eigenvalue weighted by atomic mass is 10.1. The molecule has 0 amide bonds. The molecule has 5 nitrogen and oxygen atoms in total. The van der Waals surface area contributed by atoms with Crippen LogP contribution in [0.2, 0.25) is 0 Å². The van der Waals surface area contributed by atoms with E-state index in [1.807, 2.05) is 30.3 Å². The zero-order valence-corrected chi connectivity index (χ0v) is 11.9. The lowest BCUT2D eigenvalue weighted by molar-refractivity contribution is 0.325. The number of nitriles is 1. The van der Waals surface area contributed by atoms with Gasteiger partial charge < -0.3 is 4.74 Å². The zero-order chi connectivity index (χ0) is 14.2. The number of hydrogen-bond donors (Lipinski definition) is 1. The van der Waals surface area contributed by atoms with Gasteiger partial charge >= 0.3 is 0 Å². The molecule has 2 aromatic rings. The first-order chi connectivity index (χ1) is 9.60. The molecule has 0 aliphatic carbocycles. The van der Waals surface area contributed by atoms with Crippen LogP contribution < -0.4 is 9.46 Å². The van der Waals surface area contributed by atoms with Crippen molar-refractivity contribution in [3.63, 3.8) is 0 Å². The number of thiophene rings is 1. The van der Waals surface area contributed by atoms with Crippen LogP contribution in [0.1, 0.15) is 16.5 Å². The van der Waals surface area contributed by atoms with Crippen molar-refractivity contribution in [3.8, 4) is 11.8 Å². The fourth-order valence-electron chi connectivity index (χ4n) is 2.03. The van der Waals surface area contributed by atoms with E-state index in [0.29, 0.717) is 10.6 Å². The van der Waals surface area contributed by atoms with Crippen LogP contribution >= 0.6 is 11.3 Å². The highest BCUT2D eigenvalue weighted by molar-refractivity contribution is 7.91. The average Bonchev–Trinajstić information content (AvgIpc) is 3.06. The van der Waals surface area contributed by atoms with Gasteiger partial charge in [0.2, 0.25) is 0 Å². The molecule has 102 valence electrons. The van der Waals surface area contributed by atoms with Gasteiger partial charge in [-0.05, 0) is 18.2 Å². The second-order valence-corrected chi connectivity index (χ2v) is 7.28. The van der Waals surface area contributed by atoms with Gasteiger partial charge in [0.05, 0.1) is 6.04 Å². The van der Waals surface area contributed by atoms with E-state index in [1.165, 1.54) is 12.1 Å². The number of sulfonamides is 1. The standard InChI is InChI=1S/C13H10N2O3S2/c14-7-9-5-6-13(19-9)20(16,17)15-11-8-18-12-4-2-1-3-10(11)12/h1-6,11,15H,8H2. The summed E-state index contributed by atoms with van der Waals surface area (Å²) in [5, 5.41) is 8.76. The SMILES string of the molecule is N#Cc1ccc(S(=O)(=O)NC2COc3ccccc32)s1. The zero-order valence-electron chi connectivity index (χ0n) is 10.2. The van der Waals surface area contributed by atoms with Crippen LogP contribution in [0, 0.1) is 11.3 Å². The summed E-state index contributed by atoms with van der Waals surface area (Å²) >= 11 is 0.952. The predicted octanol–water partition coefficient (Wildman–Crippen LogP) is 2.03. The Kier molecular flexibility index (Phi) is 3.22. The summed E-state index contributed by atoms with van der Waals surface area (Å²) in [5.41, 5.74) is 0.827. The topological polar surface area (TPSA) is 79.2 Å². The van der Waals surface area contributed by atoms with Crippen molar-refractivity contribution in [2.75, 3.05) is 6.61 Å². The monoisotopic (exact) mass is 306 g/mol. The Morgan fingerprint density at radius 2 is 2.10 bits per heavy atom. The second kappa shape index (κ2) is 4.90. The van der Waals surface area contributed by atoms with Crippen LogP contribution in [0.4, 0.5) is 0 Å². The number of benzene rings is 1. The molecule has 1 atom stereocenters. The van der Waals surface area contributed by atoms with E-state index in [2.05, 4.69) is 4.72 Å². The first kappa shape index (κ1) is 13.1. The molecule has 0 radical (unpaired) electrons. The van der Waals surface area contributed by atoms with E-state index < -0.39 is 16.1 Å². The first-order valence-corrected chi connectivity index (χ1v) is 8.14. The summed E-state index contributed by atoms with van der Waals surface area (Å²) < 4.78 is 32.7. The number of ether oxygens (including phenoxy) is 1. The normalized spacial score (nSPS) is 17.2. The lowest BCUT2D eigenvalue weighted by Gasteiger charge is -2.10. The van der Waals surface area contributed by atoms with Gasteiger partial charge in [0.1, 0.15) is 27.5 Å². The van der Waals surface area contributed by atoms with Crippen molar-refractivity contribution in [1.29, 1.82) is 5.26 Å². The van der Waals surface area contributed by atoms with E-state index in [-0.39, 0.29) is 10.8 Å². The van der Waals surface area contributed by atoms with Crippen LogP contribution in [-0.2, 0) is 10.0 Å².